The third kappa shape index (κ3) is 4.37. The van der Waals surface area contributed by atoms with Gasteiger partial charge in [-0.25, -0.2) is 0 Å². The lowest BCUT2D eigenvalue weighted by molar-refractivity contribution is -0.385. The van der Waals surface area contributed by atoms with Crippen molar-refractivity contribution >= 4 is 23.2 Å². The van der Waals surface area contributed by atoms with Crippen molar-refractivity contribution in [1.29, 1.82) is 0 Å². The molecule has 0 atom stereocenters. The van der Waals surface area contributed by atoms with Crippen molar-refractivity contribution in [3.05, 3.63) is 69.3 Å². The first-order chi connectivity index (χ1) is 13.5. The molecule has 1 fully saturated rings. The SMILES string of the molecule is COc1ccc(C=C(C)C(=O)c2ccc(N3CCOCC3)cc2)cc1[N+](=O)[O-]. The van der Waals surface area contributed by atoms with Gasteiger partial charge in [-0.15, -0.1) is 0 Å². The monoisotopic (exact) mass is 382 g/mol. The summed E-state index contributed by atoms with van der Waals surface area (Å²) >= 11 is 0. The Balaban J connectivity index is 1.78. The lowest BCUT2D eigenvalue weighted by Crippen LogP contribution is -2.36. The zero-order valence-electron chi connectivity index (χ0n) is 15.9. The summed E-state index contributed by atoms with van der Waals surface area (Å²) in [6, 6.07) is 12.1. The van der Waals surface area contributed by atoms with Gasteiger partial charge in [-0.3, -0.25) is 14.9 Å². The second-order valence-corrected chi connectivity index (χ2v) is 6.49. The second kappa shape index (κ2) is 8.67. The van der Waals surface area contributed by atoms with Gasteiger partial charge in [0.1, 0.15) is 0 Å². The third-order valence-corrected chi connectivity index (χ3v) is 4.65. The number of hydrogen-bond donors (Lipinski definition) is 0. The number of Topliss-reactive ketones (excluding diaryl/α,β-unsaturated/α-hetero) is 1. The number of nitrogens with zero attached hydrogens (tertiary/aromatic N) is 2. The number of benzene rings is 2. The molecule has 7 nitrogen and oxygen atoms in total. The summed E-state index contributed by atoms with van der Waals surface area (Å²) in [6.45, 7) is 4.78. The molecule has 0 amide bonds. The molecule has 0 radical (unpaired) electrons. The molecule has 0 aromatic heterocycles. The van der Waals surface area contributed by atoms with E-state index in [9.17, 15) is 14.9 Å². The number of nitro benzene ring substituents is 1. The molecule has 0 N–H and O–H groups in total. The number of anilines is 1. The average Bonchev–Trinajstić information content (AvgIpc) is 2.73. The van der Waals surface area contributed by atoms with Crippen LogP contribution in [-0.4, -0.2) is 44.1 Å². The first-order valence-corrected chi connectivity index (χ1v) is 8.98. The first-order valence-electron chi connectivity index (χ1n) is 8.98. The predicted octanol–water partition coefficient (Wildman–Crippen LogP) is 3.73. The molecule has 28 heavy (non-hydrogen) atoms. The fourth-order valence-corrected chi connectivity index (χ4v) is 3.13. The number of rotatable bonds is 6. The quantitative estimate of drug-likeness (QED) is 0.328. The molecule has 3 rings (SSSR count). The number of methoxy groups -OCH3 is 1. The minimum Gasteiger partial charge on any atom is -0.490 e. The van der Waals surface area contributed by atoms with Crippen LogP contribution in [-0.2, 0) is 4.74 Å². The Morgan fingerprint density at radius 3 is 2.46 bits per heavy atom. The summed E-state index contributed by atoms with van der Waals surface area (Å²) in [4.78, 5) is 25.6. The summed E-state index contributed by atoms with van der Waals surface area (Å²) in [5, 5.41) is 11.2. The van der Waals surface area contributed by atoms with Crippen molar-refractivity contribution in [2.75, 3.05) is 38.3 Å². The highest BCUT2D eigenvalue weighted by atomic mass is 16.6. The smallest absolute Gasteiger partial charge is 0.311 e. The van der Waals surface area contributed by atoms with Crippen LogP contribution >= 0.6 is 0 Å². The molecule has 146 valence electrons. The van der Waals surface area contributed by atoms with Crippen LogP contribution < -0.4 is 9.64 Å². The normalized spacial score (nSPS) is 14.6. The van der Waals surface area contributed by atoms with Crippen molar-refractivity contribution in [2.24, 2.45) is 0 Å². The van der Waals surface area contributed by atoms with Crippen LogP contribution in [0.4, 0.5) is 11.4 Å². The molecule has 7 heteroatoms. The third-order valence-electron chi connectivity index (χ3n) is 4.65. The molecular weight excluding hydrogens is 360 g/mol. The van der Waals surface area contributed by atoms with E-state index in [2.05, 4.69) is 4.90 Å². The van der Waals surface area contributed by atoms with Gasteiger partial charge in [-0.05, 0) is 54.5 Å². The van der Waals surface area contributed by atoms with Gasteiger partial charge in [-0.2, -0.15) is 0 Å². The predicted molar refractivity (Wildman–Crippen MR) is 107 cm³/mol. The summed E-state index contributed by atoms with van der Waals surface area (Å²) in [5.41, 5.74) is 2.58. The van der Waals surface area contributed by atoms with Crippen molar-refractivity contribution in [3.63, 3.8) is 0 Å². The number of carbonyl (C=O) groups excluding carboxylic acids is 1. The van der Waals surface area contributed by atoms with E-state index < -0.39 is 4.92 Å². The van der Waals surface area contributed by atoms with Crippen molar-refractivity contribution in [3.8, 4) is 5.75 Å². The average molecular weight is 382 g/mol. The maximum absolute atomic E-state index is 12.7. The van der Waals surface area contributed by atoms with Gasteiger partial charge in [0.2, 0.25) is 0 Å². The van der Waals surface area contributed by atoms with Crippen LogP contribution in [0.2, 0.25) is 0 Å². The molecule has 0 unspecified atom stereocenters. The standard InChI is InChI=1S/C21H22N2O5/c1-15(13-16-3-8-20(27-2)19(14-16)23(25)26)21(24)17-4-6-18(7-5-17)22-9-11-28-12-10-22/h3-8,13-14H,9-12H2,1-2H3. The van der Waals surface area contributed by atoms with E-state index >= 15 is 0 Å². The minimum atomic E-state index is -0.502. The highest BCUT2D eigenvalue weighted by Gasteiger charge is 2.16. The number of carbonyl (C=O) groups is 1. The molecule has 1 aliphatic rings. The van der Waals surface area contributed by atoms with E-state index in [0.29, 0.717) is 29.9 Å². The second-order valence-electron chi connectivity index (χ2n) is 6.49. The molecule has 1 saturated heterocycles. The molecule has 0 saturated carbocycles. The fourth-order valence-electron chi connectivity index (χ4n) is 3.13. The Labute approximate surface area is 163 Å². The zero-order chi connectivity index (χ0) is 20.1. The molecule has 0 spiro atoms. The van der Waals surface area contributed by atoms with E-state index in [-0.39, 0.29) is 17.2 Å². The largest absolute Gasteiger partial charge is 0.490 e. The van der Waals surface area contributed by atoms with Gasteiger partial charge in [-0.1, -0.05) is 6.07 Å². The topological polar surface area (TPSA) is 81.9 Å². The number of allylic oxidation sites excluding steroid dienone is 1. The van der Waals surface area contributed by atoms with Crippen LogP contribution in [0.5, 0.6) is 5.75 Å². The zero-order valence-corrected chi connectivity index (χ0v) is 15.9. The summed E-state index contributed by atoms with van der Waals surface area (Å²) in [7, 11) is 1.38. The number of nitro groups is 1. The molecule has 0 bridgehead atoms. The Morgan fingerprint density at radius 2 is 1.86 bits per heavy atom. The van der Waals surface area contributed by atoms with Crippen LogP contribution in [0.15, 0.2) is 48.0 Å². The molecule has 1 heterocycles. The van der Waals surface area contributed by atoms with Crippen molar-refractivity contribution in [2.45, 2.75) is 6.92 Å². The van der Waals surface area contributed by atoms with Crippen LogP contribution in [0.1, 0.15) is 22.8 Å². The maximum atomic E-state index is 12.7. The summed E-state index contributed by atoms with van der Waals surface area (Å²) in [6.07, 6.45) is 1.64. The van der Waals surface area contributed by atoms with Gasteiger partial charge in [0.05, 0.1) is 25.2 Å². The van der Waals surface area contributed by atoms with Crippen molar-refractivity contribution < 1.29 is 19.2 Å². The first kappa shape index (κ1) is 19.6. The lowest BCUT2D eigenvalue weighted by atomic mass is 10.0. The van der Waals surface area contributed by atoms with Crippen LogP contribution in [0.25, 0.3) is 6.08 Å². The highest BCUT2D eigenvalue weighted by Crippen LogP contribution is 2.28. The lowest BCUT2D eigenvalue weighted by Gasteiger charge is -2.28. The number of ketones is 1. The number of morpholine rings is 1. The fraction of sp³-hybridized carbons (Fsp3) is 0.286. The Hall–Kier alpha value is -3.19. The summed E-state index contributed by atoms with van der Waals surface area (Å²) in [5.74, 6) is 0.0665. The van der Waals surface area contributed by atoms with Crippen LogP contribution in [0.3, 0.4) is 0 Å². The summed E-state index contributed by atoms with van der Waals surface area (Å²) < 4.78 is 10.4. The van der Waals surface area contributed by atoms with Gasteiger partial charge in [0.15, 0.2) is 11.5 Å². The van der Waals surface area contributed by atoms with E-state index in [1.54, 1.807) is 31.2 Å². The molecule has 2 aromatic rings. The van der Waals surface area contributed by atoms with E-state index in [1.165, 1.54) is 19.2 Å². The minimum absolute atomic E-state index is 0.119. The number of ether oxygens (including phenoxy) is 2. The Bertz CT molecular complexity index is 900. The van der Waals surface area contributed by atoms with Crippen LogP contribution in [0, 0.1) is 10.1 Å². The van der Waals surface area contributed by atoms with Gasteiger partial charge in [0.25, 0.3) is 0 Å². The highest BCUT2D eigenvalue weighted by molar-refractivity contribution is 6.11. The van der Waals surface area contributed by atoms with E-state index in [1.807, 2.05) is 12.1 Å². The van der Waals surface area contributed by atoms with Gasteiger partial charge >= 0.3 is 5.69 Å². The number of hydrogen-bond acceptors (Lipinski definition) is 6. The molecular formula is C21H22N2O5. The molecule has 1 aliphatic heterocycles. The van der Waals surface area contributed by atoms with Gasteiger partial charge < -0.3 is 14.4 Å². The van der Waals surface area contributed by atoms with E-state index in [0.717, 1.165) is 18.8 Å². The van der Waals surface area contributed by atoms with E-state index in [4.69, 9.17) is 9.47 Å². The Kier molecular flexibility index (Phi) is 6.06. The Morgan fingerprint density at radius 1 is 1.18 bits per heavy atom. The molecule has 0 aliphatic carbocycles. The van der Waals surface area contributed by atoms with Crippen molar-refractivity contribution in [1.82, 2.24) is 0 Å². The van der Waals surface area contributed by atoms with Gasteiger partial charge in [0, 0.05) is 30.4 Å². The maximum Gasteiger partial charge on any atom is 0.311 e. The molecule has 2 aromatic carbocycles.